The summed E-state index contributed by atoms with van der Waals surface area (Å²) in [5, 5.41) is 2.82. The van der Waals surface area contributed by atoms with E-state index in [0.717, 1.165) is 22.4 Å². The molecular weight excluding hydrogens is 468 g/mol. The van der Waals surface area contributed by atoms with Crippen LogP contribution >= 0.6 is 0 Å². The van der Waals surface area contributed by atoms with Gasteiger partial charge in [-0.25, -0.2) is 19.0 Å². The Labute approximate surface area is 208 Å². The van der Waals surface area contributed by atoms with Crippen molar-refractivity contribution in [3.63, 3.8) is 0 Å². The topological polar surface area (TPSA) is 95.6 Å². The number of piperidine rings is 1. The van der Waals surface area contributed by atoms with Crippen molar-refractivity contribution in [2.45, 2.75) is 56.3 Å². The second-order valence-electron chi connectivity index (χ2n) is 10.0. The Hall–Kier alpha value is -3.11. The molecule has 0 radical (unpaired) electrons. The number of pyridine rings is 1. The van der Waals surface area contributed by atoms with E-state index in [-0.39, 0.29) is 43.0 Å². The average molecular weight is 500 g/mol. The maximum Gasteiger partial charge on any atom is 0.410 e. The Kier molecular flexibility index (Phi) is 7.15. The lowest BCUT2D eigenvalue weighted by molar-refractivity contribution is -0.129. The standard InChI is InChI=1S/C26H31F2N5O3/c27-26(28)13-20(14-33(16-26)25(35)36-15-17-4-2-1-3-5-17)30-24(34)19-6-7-22-21(12-19)23(32-31-22)18-8-10-29-11-9-18/h1-5,8-11,19-23,31-32H,6-7,12-16H2,(H,30,34). The van der Waals surface area contributed by atoms with Gasteiger partial charge in [0, 0.05) is 37.3 Å². The van der Waals surface area contributed by atoms with Gasteiger partial charge < -0.3 is 15.0 Å². The molecule has 3 heterocycles. The van der Waals surface area contributed by atoms with Crippen molar-refractivity contribution >= 4 is 12.0 Å². The highest BCUT2D eigenvalue weighted by atomic mass is 19.3. The van der Waals surface area contributed by atoms with E-state index in [1.165, 1.54) is 0 Å². The molecule has 2 saturated heterocycles. The molecule has 2 aromatic rings. The summed E-state index contributed by atoms with van der Waals surface area (Å²) in [5.41, 5.74) is 8.56. The normalized spacial score (nSPS) is 29.3. The number of hydrogen-bond donors (Lipinski definition) is 3. The molecule has 3 N–H and O–H groups in total. The summed E-state index contributed by atoms with van der Waals surface area (Å²) in [6.07, 6.45) is 4.33. The fraction of sp³-hybridized carbons (Fsp3) is 0.500. The fourth-order valence-corrected chi connectivity index (χ4v) is 5.66. The van der Waals surface area contributed by atoms with Gasteiger partial charge in [-0.1, -0.05) is 30.3 Å². The number of fused-ring (bicyclic) bond motifs is 1. The average Bonchev–Trinajstić information content (AvgIpc) is 3.31. The molecule has 3 aliphatic rings. The van der Waals surface area contributed by atoms with Gasteiger partial charge in [-0.3, -0.25) is 15.2 Å². The number of hydrazine groups is 1. The van der Waals surface area contributed by atoms with Crippen LogP contribution in [0.2, 0.25) is 0 Å². The fourth-order valence-electron chi connectivity index (χ4n) is 5.66. The second kappa shape index (κ2) is 10.5. The summed E-state index contributed by atoms with van der Waals surface area (Å²) >= 11 is 0. The molecule has 1 saturated carbocycles. The molecule has 5 unspecified atom stereocenters. The van der Waals surface area contributed by atoms with Crippen molar-refractivity contribution in [2.75, 3.05) is 13.1 Å². The summed E-state index contributed by atoms with van der Waals surface area (Å²) < 4.78 is 34.3. The van der Waals surface area contributed by atoms with Crippen LogP contribution < -0.4 is 16.2 Å². The number of ether oxygens (including phenoxy) is 1. The first-order valence-electron chi connectivity index (χ1n) is 12.4. The number of nitrogens with zero attached hydrogens (tertiary/aromatic N) is 2. The van der Waals surface area contributed by atoms with Gasteiger partial charge in [0.25, 0.3) is 5.92 Å². The van der Waals surface area contributed by atoms with Crippen LogP contribution in [0, 0.1) is 11.8 Å². The minimum Gasteiger partial charge on any atom is -0.445 e. The van der Waals surface area contributed by atoms with Crippen LogP contribution in [0.5, 0.6) is 0 Å². The molecule has 0 bridgehead atoms. The predicted molar refractivity (Wildman–Crippen MR) is 128 cm³/mol. The number of carbonyl (C=O) groups is 2. The Morgan fingerprint density at radius 3 is 2.67 bits per heavy atom. The third-order valence-corrected chi connectivity index (χ3v) is 7.41. The highest BCUT2D eigenvalue weighted by Gasteiger charge is 2.45. The molecule has 5 rings (SSSR count). The monoisotopic (exact) mass is 499 g/mol. The molecule has 8 nitrogen and oxygen atoms in total. The molecule has 36 heavy (non-hydrogen) atoms. The highest BCUT2D eigenvalue weighted by Crippen LogP contribution is 2.40. The number of amides is 2. The Morgan fingerprint density at radius 1 is 1.11 bits per heavy atom. The van der Waals surface area contributed by atoms with Gasteiger partial charge in [0.1, 0.15) is 6.61 Å². The van der Waals surface area contributed by atoms with Crippen molar-refractivity contribution in [3.8, 4) is 0 Å². The molecule has 5 atom stereocenters. The lowest BCUT2D eigenvalue weighted by atomic mass is 9.74. The van der Waals surface area contributed by atoms with Crippen molar-refractivity contribution in [1.29, 1.82) is 0 Å². The van der Waals surface area contributed by atoms with Crippen LogP contribution in [0.1, 0.15) is 42.9 Å². The number of hydrogen-bond acceptors (Lipinski definition) is 6. The van der Waals surface area contributed by atoms with Gasteiger partial charge >= 0.3 is 6.09 Å². The zero-order chi connectivity index (χ0) is 25.1. The van der Waals surface area contributed by atoms with Gasteiger partial charge in [0.05, 0.1) is 18.6 Å². The van der Waals surface area contributed by atoms with E-state index in [9.17, 15) is 18.4 Å². The smallest absolute Gasteiger partial charge is 0.410 e. The van der Waals surface area contributed by atoms with Gasteiger partial charge in [-0.2, -0.15) is 0 Å². The molecule has 1 aromatic carbocycles. The van der Waals surface area contributed by atoms with Gasteiger partial charge in [-0.05, 0) is 48.4 Å². The summed E-state index contributed by atoms with van der Waals surface area (Å²) in [7, 11) is 0. The molecule has 1 aliphatic carbocycles. The van der Waals surface area contributed by atoms with Crippen molar-refractivity contribution in [2.24, 2.45) is 11.8 Å². The summed E-state index contributed by atoms with van der Waals surface area (Å²) in [6, 6.07) is 12.5. The third-order valence-electron chi connectivity index (χ3n) is 7.41. The Balaban J connectivity index is 1.18. The van der Waals surface area contributed by atoms with E-state index in [0.29, 0.717) is 12.8 Å². The van der Waals surface area contributed by atoms with Crippen LogP contribution in [-0.2, 0) is 16.1 Å². The molecule has 1 aromatic heterocycles. The lowest BCUT2D eigenvalue weighted by Gasteiger charge is -2.38. The quantitative estimate of drug-likeness (QED) is 0.585. The van der Waals surface area contributed by atoms with Crippen LogP contribution in [0.25, 0.3) is 0 Å². The van der Waals surface area contributed by atoms with Gasteiger partial charge in [0.15, 0.2) is 0 Å². The van der Waals surface area contributed by atoms with E-state index in [4.69, 9.17) is 4.74 Å². The summed E-state index contributed by atoms with van der Waals surface area (Å²) in [4.78, 5) is 30.8. The Bertz CT molecular complexity index is 1060. The molecule has 0 spiro atoms. The number of halogens is 2. The molecule has 3 fully saturated rings. The minimum absolute atomic E-state index is 0.00349. The lowest BCUT2D eigenvalue weighted by Crippen LogP contribution is -2.57. The molecule has 2 amide bonds. The van der Waals surface area contributed by atoms with E-state index in [1.54, 1.807) is 24.5 Å². The molecule has 10 heteroatoms. The SMILES string of the molecule is O=C(NC1CN(C(=O)OCc2ccccc2)CC(F)(F)C1)C1CCC2NNC(c3ccncc3)C2C1. The first-order chi connectivity index (χ1) is 17.4. The van der Waals surface area contributed by atoms with E-state index in [2.05, 4.69) is 21.2 Å². The largest absolute Gasteiger partial charge is 0.445 e. The van der Waals surface area contributed by atoms with E-state index >= 15 is 0 Å². The number of aromatic nitrogens is 1. The number of rotatable bonds is 5. The van der Waals surface area contributed by atoms with Crippen molar-refractivity contribution in [1.82, 2.24) is 26.1 Å². The molecule has 192 valence electrons. The first-order valence-corrected chi connectivity index (χ1v) is 12.4. The van der Waals surface area contributed by atoms with Crippen molar-refractivity contribution < 1.29 is 23.1 Å². The molecular formula is C26H31F2N5O3. The van der Waals surface area contributed by atoms with Crippen LogP contribution in [0.4, 0.5) is 13.6 Å². The Morgan fingerprint density at radius 2 is 1.89 bits per heavy atom. The van der Waals surface area contributed by atoms with Gasteiger partial charge in [0.2, 0.25) is 5.91 Å². The number of carbonyl (C=O) groups excluding carboxylic acids is 2. The highest BCUT2D eigenvalue weighted by molar-refractivity contribution is 5.79. The predicted octanol–water partition coefficient (Wildman–Crippen LogP) is 3.18. The van der Waals surface area contributed by atoms with Gasteiger partial charge in [-0.15, -0.1) is 0 Å². The van der Waals surface area contributed by atoms with E-state index in [1.807, 2.05) is 30.3 Å². The van der Waals surface area contributed by atoms with Crippen molar-refractivity contribution in [3.05, 3.63) is 66.0 Å². The van der Waals surface area contributed by atoms with Crippen LogP contribution in [0.15, 0.2) is 54.9 Å². The maximum atomic E-state index is 14.5. The number of benzene rings is 1. The van der Waals surface area contributed by atoms with E-state index < -0.39 is 31.0 Å². The number of nitrogens with one attached hydrogen (secondary N) is 3. The zero-order valence-electron chi connectivity index (χ0n) is 19.9. The maximum absolute atomic E-state index is 14.5. The van der Waals surface area contributed by atoms with Crippen LogP contribution in [0.3, 0.4) is 0 Å². The second-order valence-corrected chi connectivity index (χ2v) is 10.0. The minimum atomic E-state index is -3.11. The summed E-state index contributed by atoms with van der Waals surface area (Å²) in [6.45, 7) is -0.717. The third kappa shape index (κ3) is 5.65. The van der Waals surface area contributed by atoms with Crippen LogP contribution in [-0.4, -0.2) is 53.0 Å². The summed E-state index contributed by atoms with van der Waals surface area (Å²) in [5.74, 6) is -3.40. The zero-order valence-corrected chi connectivity index (χ0v) is 19.9. The number of alkyl halides is 2. The number of likely N-dealkylation sites (tertiary alicyclic amines) is 1. The molecule has 2 aliphatic heterocycles. The first kappa shape index (κ1) is 24.6.